The third-order valence-corrected chi connectivity index (χ3v) is 8.30. The maximum absolute atomic E-state index is 13.6. The number of thiophene rings is 1. The number of aryl methyl sites for hydroxylation is 2. The van der Waals surface area contributed by atoms with Gasteiger partial charge in [-0.1, -0.05) is 23.2 Å². The number of benzene rings is 1. The van der Waals surface area contributed by atoms with Crippen molar-refractivity contribution in [3.05, 3.63) is 59.5 Å². The predicted molar refractivity (Wildman–Crippen MR) is 130 cm³/mol. The highest BCUT2D eigenvalue weighted by Gasteiger charge is 2.25. The average molecular weight is 508 g/mol. The molecule has 0 saturated carbocycles. The van der Waals surface area contributed by atoms with E-state index in [-0.39, 0.29) is 29.1 Å². The summed E-state index contributed by atoms with van der Waals surface area (Å²) in [4.78, 5) is 41.6. The fourth-order valence-electron chi connectivity index (χ4n) is 4.59. The number of halogens is 2. The molecule has 1 N–H and O–H groups in total. The van der Waals surface area contributed by atoms with Crippen molar-refractivity contribution >= 4 is 50.7 Å². The maximum atomic E-state index is 13.6. The van der Waals surface area contributed by atoms with Crippen molar-refractivity contribution in [3.63, 3.8) is 0 Å². The minimum atomic E-state index is -0.572. The van der Waals surface area contributed by atoms with Crippen LogP contribution in [0.1, 0.15) is 36.1 Å². The monoisotopic (exact) mass is 507 g/mol. The molecule has 3 aromatic rings. The lowest BCUT2D eigenvalue weighted by atomic mass is 9.97. The Morgan fingerprint density at radius 1 is 1.15 bits per heavy atom. The molecule has 1 aliphatic carbocycles. The van der Waals surface area contributed by atoms with Crippen LogP contribution in [0.25, 0.3) is 15.9 Å². The number of hydrogen-bond acceptors (Lipinski definition) is 5. The van der Waals surface area contributed by atoms with Gasteiger partial charge in [0.25, 0.3) is 5.56 Å². The summed E-state index contributed by atoms with van der Waals surface area (Å²) in [5, 5.41) is 3.97. The highest BCUT2D eigenvalue weighted by atomic mass is 35.5. The third-order valence-electron chi connectivity index (χ3n) is 6.25. The Hall–Kier alpha value is -2.13. The minimum absolute atomic E-state index is 0.00454. The molecule has 1 fully saturated rings. The SMILES string of the molecule is O=C(Cn1c(=O)n(-c2ccc(Cl)c(Cl)c2)c(=O)c2c3c(sc21)CCCC3)NCC1CCCO1. The second kappa shape index (κ2) is 9.25. The molecule has 174 valence electrons. The quantitative estimate of drug-likeness (QED) is 0.570. The van der Waals surface area contributed by atoms with Crippen LogP contribution in [0.3, 0.4) is 0 Å². The van der Waals surface area contributed by atoms with E-state index in [1.54, 1.807) is 12.1 Å². The molecule has 5 rings (SSSR count). The molecule has 1 saturated heterocycles. The van der Waals surface area contributed by atoms with Crippen LogP contribution >= 0.6 is 34.5 Å². The Kier molecular flexibility index (Phi) is 6.35. The first-order valence-electron chi connectivity index (χ1n) is 11.1. The molecule has 1 atom stereocenters. The van der Waals surface area contributed by atoms with E-state index in [0.717, 1.165) is 53.5 Å². The molecule has 1 amide bonds. The number of carbonyl (C=O) groups is 1. The molecule has 7 nitrogen and oxygen atoms in total. The Morgan fingerprint density at radius 2 is 1.97 bits per heavy atom. The summed E-state index contributed by atoms with van der Waals surface area (Å²) in [6.45, 7) is 0.934. The molecule has 1 unspecified atom stereocenters. The van der Waals surface area contributed by atoms with Crippen molar-refractivity contribution in [2.75, 3.05) is 13.2 Å². The van der Waals surface area contributed by atoms with Crippen molar-refractivity contribution in [1.29, 1.82) is 0 Å². The zero-order valence-corrected chi connectivity index (χ0v) is 20.2. The molecule has 1 aromatic carbocycles. The highest BCUT2D eigenvalue weighted by Crippen LogP contribution is 2.34. The van der Waals surface area contributed by atoms with Crippen LogP contribution in [0.4, 0.5) is 0 Å². The van der Waals surface area contributed by atoms with Gasteiger partial charge in [-0.15, -0.1) is 11.3 Å². The first kappa shape index (κ1) is 22.7. The van der Waals surface area contributed by atoms with Gasteiger partial charge in [0.05, 0.1) is 27.2 Å². The number of fused-ring (bicyclic) bond motifs is 3. The van der Waals surface area contributed by atoms with Crippen molar-refractivity contribution in [2.45, 2.75) is 51.2 Å². The molecule has 0 bridgehead atoms. The van der Waals surface area contributed by atoms with Crippen molar-refractivity contribution in [2.24, 2.45) is 0 Å². The Balaban J connectivity index is 1.62. The van der Waals surface area contributed by atoms with Crippen LogP contribution in [0.15, 0.2) is 27.8 Å². The highest BCUT2D eigenvalue weighted by molar-refractivity contribution is 7.18. The van der Waals surface area contributed by atoms with Gasteiger partial charge >= 0.3 is 5.69 Å². The van der Waals surface area contributed by atoms with Gasteiger partial charge in [0.2, 0.25) is 5.91 Å². The predicted octanol–water partition coefficient (Wildman–Crippen LogP) is 3.69. The molecule has 10 heteroatoms. The van der Waals surface area contributed by atoms with Crippen LogP contribution in [0.2, 0.25) is 10.0 Å². The molecule has 0 spiro atoms. The molecule has 1 aliphatic heterocycles. The summed E-state index contributed by atoms with van der Waals surface area (Å²) in [5.41, 5.74) is 0.361. The maximum Gasteiger partial charge on any atom is 0.337 e. The summed E-state index contributed by atoms with van der Waals surface area (Å²) in [6, 6.07) is 4.64. The number of amides is 1. The van der Waals surface area contributed by atoms with Crippen molar-refractivity contribution in [1.82, 2.24) is 14.5 Å². The van der Waals surface area contributed by atoms with Crippen LogP contribution < -0.4 is 16.6 Å². The fraction of sp³-hybridized carbons (Fsp3) is 0.435. The Bertz CT molecular complexity index is 1350. The van der Waals surface area contributed by atoms with E-state index in [0.29, 0.717) is 34.1 Å². The first-order valence-corrected chi connectivity index (χ1v) is 12.6. The molecule has 3 heterocycles. The molecular weight excluding hydrogens is 485 g/mol. The summed E-state index contributed by atoms with van der Waals surface area (Å²) in [6.07, 6.45) is 5.60. The zero-order chi connectivity index (χ0) is 23.1. The average Bonchev–Trinajstić information content (AvgIpc) is 3.45. The summed E-state index contributed by atoms with van der Waals surface area (Å²) < 4.78 is 8.07. The fourth-order valence-corrected chi connectivity index (χ4v) is 6.26. The number of ether oxygens (including phenoxy) is 1. The molecule has 2 aromatic heterocycles. The second-order valence-electron chi connectivity index (χ2n) is 8.44. The van der Waals surface area contributed by atoms with Crippen LogP contribution in [0, 0.1) is 0 Å². The Labute approximate surface area is 203 Å². The van der Waals surface area contributed by atoms with Crippen molar-refractivity contribution in [3.8, 4) is 5.69 Å². The van der Waals surface area contributed by atoms with Gasteiger partial charge in [0.15, 0.2) is 0 Å². The van der Waals surface area contributed by atoms with E-state index in [1.807, 2.05) is 0 Å². The van der Waals surface area contributed by atoms with Gasteiger partial charge in [-0.2, -0.15) is 0 Å². The summed E-state index contributed by atoms with van der Waals surface area (Å²) in [5.74, 6) is -0.292. The number of rotatable bonds is 5. The van der Waals surface area contributed by atoms with E-state index in [1.165, 1.54) is 22.0 Å². The lowest BCUT2D eigenvalue weighted by Gasteiger charge is -2.15. The van der Waals surface area contributed by atoms with Crippen LogP contribution in [-0.2, 0) is 28.9 Å². The van der Waals surface area contributed by atoms with Gasteiger partial charge in [-0.25, -0.2) is 9.36 Å². The smallest absolute Gasteiger partial charge is 0.337 e. The zero-order valence-electron chi connectivity index (χ0n) is 17.9. The number of nitrogens with one attached hydrogen (secondary N) is 1. The largest absolute Gasteiger partial charge is 0.376 e. The standard InChI is InChI=1S/C23H23Cl2N3O4S/c24-16-8-7-13(10-17(16)25)28-21(30)20-15-5-1-2-6-18(15)33-22(20)27(23(28)31)12-19(29)26-11-14-4-3-9-32-14/h7-8,10,14H,1-6,9,11-12H2,(H,26,29). The normalized spacial score (nSPS) is 17.9. The topological polar surface area (TPSA) is 82.3 Å². The van der Waals surface area contributed by atoms with Crippen LogP contribution in [-0.4, -0.2) is 34.3 Å². The number of nitrogens with zero attached hydrogens (tertiary/aromatic N) is 2. The van der Waals surface area contributed by atoms with E-state index in [4.69, 9.17) is 27.9 Å². The van der Waals surface area contributed by atoms with Gasteiger partial charge in [-0.3, -0.25) is 14.2 Å². The van der Waals surface area contributed by atoms with E-state index < -0.39 is 5.69 Å². The van der Waals surface area contributed by atoms with E-state index in [2.05, 4.69) is 5.32 Å². The first-order chi connectivity index (χ1) is 15.9. The molecule has 0 radical (unpaired) electrons. The van der Waals surface area contributed by atoms with Gasteiger partial charge in [-0.05, 0) is 62.3 Å². The third kappa shape index (κ3) is 4.25. The van der Waals surface area contributed by atoms with Gasteiger partial charge < -0.3 is 10.1 Å². The number of carbonyl (C=O) groups excluding carboxylic acids is 1. The molecule has 2 aliphatic rings. The minimum Gasteiger partial charge on any atom is -0.376 e. The number of hydrogen-bond donors (Lipinski definition) is 1. The molecular formula is C23H23Cl2N3O4S. The van der Waals surface area contributed by atoms with E-state index >= 15 is 0 Å². The van der Waals surface area contributed by atoms with E-state index in [9.17, 15) is 14.4 Å². The summed E-state index contributed by atoms with van der Waals surface area (Å²) in [7, 11) is 0. The second-order valence-corrected chi connectivity index (χ2v) is 10.3. The van der Waals surface area contributed by atoms with Gasteiger partial charge in [0.1, 0.15) is 11.4 Å². The van der Waals surface area contributed by atoms with Crippen LogP contribution in [0.5, 0.6) is 0 Å². The summed E-state index contributed by atoms with van der Waals surface area (Å²) >= 11 is 13.7. The Morgan fingerprint density at radius 3 is 2.73 bits per heavy atom. The lowest BCUT2D eigenvalue weighted by Crippen LogP contribution is -2.42. The molecule has 33 heavy (non-hydrogen) atoms. The van der Waals surface area contributed by atoms with Gasteiger partial charge in [0, 0.05) is 18.0 Å². The van der Waals surface area contributed by atoms with Crippen molar-refractivity contribution < 1.29 is 9.53 Å². The number of aromatic nitrogens is 2. The lowest BCUT2D eigenvalue weighted by molar-refractivity contribution is -0.122.